The first-order valence-electron chi connectivity index (χ1n) is 5.62. The van der Waals surface area contributed by atoms with Crippen LogP contribution in [-0.4, -0.2) is 28.5 Å². The summed E-state index contributed by atoms with van der Waals surface area (Å²) < 4.78 is 5.38. The van der Waals surface area contributed by atoms with Crippen LogP contribution < -0.4 is 15.8 Å². The standard InChI is InChI=1S/C11H18N4O2/c1-3-6-17-10-4-5-13-11(15-10)14-8(2)7-9(12)16/h4-5,8H,3,6-7H2,1-2H3,(H2,12,16)(H,13,14,15). The normalized spacial score (nSPS) is 11.9. The second-order valence-electron chi connectivity index (χ2n) is 3.78. The highest BCUT2D eigenvalue weighted by Gasteiger charge is 2.07. The third kappa shape index (κ3) is 5.14. The molecule has 1 amide bonds. The zero-order valence-corrected chi connectivity index (χ0v) is 10.1. The highest BCUT2D eigenvalue weighted by atomic mass is 16.5. The van der Waals surface area contributed by atoms with E-state index in [1.54, 1.807) is 12.3 Å². The van der Waals surface area contributed by atoms with E-state index in [4.69, 9.17) is 10.5 Å². The molecule has 0 spiro atoms. The van der Waals surface area contributed by atoms with Gasteiger partial charge in [-0.3, -0.25) is 4.79 Å². The molecule has 1 atom stereocenters. The molecule has 17 heavy (non-hydrogen) atoms. The highest BCUT2D eigenvalue weighted by molar-refractivity contribution is 5.74. The predicted molar refractivity (Wildman–Crippen MR) is 64.7 cm³/mol. The van der Waals surface area contributed by atoms with Gasteiger partial charge in [0.2, 0.25) is 17.7 Å². The second kappa shape index (κ2) is 6.67. The van der Waals surface area contributed by atoms with Crippen LogP contribution in [0.5, 0.6) is 5.88 Å². The zero-order valence-electron chi connectivity index (χ0n) is 10.1. The average Bonchev–Trinajstić information content (AvgIpc) is 2.25. The average molecular weight is 238 g/mol. The number of carbonyl (C=O) groups is 1. The molecule has 1 aromatic rings. The lowest BCUT2D eigenvalue weighted by Gasteiger charge is -2.12. The van der Waals surface area contributed by atoms with E-state index in [1.807, 2.05) is 13.8 Å². The fourth-order valence-electron chi connectivity index (χ4n) is 1.27. The minimum absolute atomic E-state index is 0.103. The molecule has 94 valence electrons. The van der Waals surface area contributed by atoms with Crippen LogP contribution in [0, 0.1) is 0 Å². The Bertz CT molecular complexity index is 370. The molecule has 1 aromatic heterocycles. The summed E-state index contributed by atoms with van der Waals surface area (Å²) in [5.74, 6) is 0.603. The third-order valence-corrected chi connectivity index (χ3v) is 1.97. The minimum atomic E-state index is -0.358. The quantitative estimate of drug-likeness (QED) is 0.737. The van der Waals surface area contributed by atoms with Crippen molar-refractivity contribution in [2.45, 2.75) is 32.7 Å². The summed E-state index contributed by atoms with van der Waals surface area (Å²) in [7, 11) is 0. The molecule has 0 saturated heterocycles. The molecule has 6 nitrogen and oxygen atoms in total. The Balaban J connectivity index is 2.55. The van der Waals surface area contributed by atoms with E-state index in [9.17, 15) is 4.79 Å². The van der Waals surface area contributed by atoms with Crippen LogP contribution in [0.25, 0.3) is 0 Å². The van der Waals surface area contributed by atoms with Crippen molar-refractivity contribution in [1.29, 1.82) is 0 Å². The monoisotopic (exact) mass is 238 g/mol. The molecular formula is C11H18N4O2. The molecule has 0 aliphatic heterocycles. The maximum Gasteiger partial charge on any atom is 0.226 e. The Morgan fingerprint density at radius 2 is 2.41 bits per heavy atom. The molecule has 0 aliphatic carbocycles. The van der Waals surface area contributed by atoms with Crippen LogP contribution in [0.3, 0.4) is 0 Å². The summed E-state index contributed by atoms with van der Waals surface area (Å²) in [6.45, 7) is 4.48. The van der Waals surface area contributed by atoms with E-state index in [-0.39, 0.29) is 18.4 Å². The van der Waals surface area contributed by atoms with Gasteiger partial charge in [0.1, 0.15) is 0 Å². The summed E-state index contributed by atoms with van der Waals surface area (Å²) in [4.78, 5) is 18.9. The number of nitrogens with two attached hydrogens (primary N) is 1. The first kappa shape index (κ1) is 13.2. The van der Waals surface area contributed by atoms with Crippen molar-refractivity contribution < 1.29 is 9.53 Å². The van der Waals surface area contributed by atoms with Crippen LogP contribution in [0.2, 0.25) is 0 Å². The van der Waals surface area contributed by atoms with E-state index in [2.05, 4.69) is 15.3 Å². The van der Waals surface area contributed by atoms with Crippen LogP contribution >= 0.6 is 0 Å². The van der Waals surface area contributed by atoms with Crippen molar-refractivity contribution in [3.63, 3.8) is 0 Å². The second-order valence-corrected chi connectivity index (χ2v) is 3.78. The zero-order chi connectivity index (χ0) is 12.7. The molecule has 0 radical (unpaired) electrons. The lowest BCUT2D eigenvalue weighted by atomic mass is 10.2. The van der Waals surface area contributed by atoms with Gasteiger partial charge in [0, 0.05) is 24.7 Å². The molecule has 6 heteroatoms. The molecule has 0 fully saturated rings. The fraction of sp³-hybridized carbons (Fsp3) is 0.545. The van der Waals surface area contributed by atoms with E-state index >= 15 is 0 Å². The van der Waals surface area contributed by atoms with E-state index in [0.717, 1.165) is 6.42 Å². The predicted octanol–water partition coefficient (Wildman–Crippen LogP) is 0.941. The summed E-state index contributed by atoms with van der Waals surface area (Å²) in [5, 5.41) is 2.99. The molecule has 0 saturated carbocycles. The van der Waals surface area contributed by atoms with Crippen molar-refractivity contribution in [1.82, 2.24) is 9.97 Å². The molecule has 1 unspecified atom stereocenters. The van der Waals surface area contributed by atoms with Crippen LogP contribution in [0.4, 0.5) is 5.95 Å². The van der Waals surface area contributed by atoms with E-state index < -0.39 is 0 Å². The van der Waals surface area contributed by atoms with E-state index in [0.29, 0.717) is 18.4 Å². The Labute approximate surface area is 101 Å². The van der Waals surface area contributed by atoms with Crippen LogP contribution in [0.15, 0.2) is 12.3 Å². The summed E-state index contributed by atoms with van der Waals surface area (Å²) in [6.07, 6.45) is 2.77. The summed E-state index contributed by atoms with van der Waals surface area (Å²) in [5.41, 5.74) is 5.10. The smallest absolute Gasteiger partial charge is 0.226 e. The number of primary amides is 1. The first-order valence-corrected chi connectivity index (χ1v) is 5.62. The van der Waals surface area contributed by atoms with Crippen molar-refractivity contribution in [3.05, 3.63) is 12.3 Å². The Hall–Kier alpha value is -1.85. The molecule has 1 rings (SSSR count). The van der Waals surface area contributed by atoms with Gasteiger partial charge >= 0.3 is 0 Å². The van der Waals surface area contributed by atoms with Crippen molar-refractivity contribution in [3.8, 4) is 5.88 Å². The Morgan fingerprint density at radius 1 is 1.65 bits per heavy atom. The van der Waals surface area contributed by atoms with Crippen molar-refractivity contribution in [2.24, 2.45) is 5.73 Å². The molecule has 0 aromatic carbocycles. The minimum Gasteiger partial charge on any atom is -0.478 e. The van der Waals surface area contributed by atoms with Gasteiger partial charge in [0.05, 0.1) is 6.61 Å². The van der Waals surface area contributed by atoms with Gasteiger partial charge < -0.3 is 15.8 Å². The summed E-state index contributed by atoms with van der Waals surface area (Å²) >= 11 is 0. The maximum atomic E-state index is 10.7. The van der Waals surface area contributed by atoms with Gasteiger partial charge in [-0.1, -0.05) is 6.92 Å². The number of amides is 1. The number of anilines is 1. The van der Waals surface area contributed by atoms with Gasteiger partial charge in [0.15, 0.2) is 0 Å². The van der Waals surface area contributed by atoms with Gasteiger partial charge in [-0.15, -0.1) is 0 Å². The largest absolute Gasteiger partial charge is 0.478 e. The Morgan fingerprint density at radius 3 is 3.06 bits per heavy atom. The number of nitrogens with one attached hydrogen (secondary N) is 1. The van der Waals surface area contributed by atoms with Gasteiger partial charge in [-0.2, -0.15) is 4.98 Å². The molecule has 0 aliphatic rings. The molecule has 3 N–H and O–H groups in total. The maximum absolute atomic E-state index is 10.7. The topological polar surface area (TPSA) is 90.1 Å². The Kier molecular flexibility index (Phi) is 5.19. The number of hydrogen-bond acceptors (Lipinski definition) is 5. The lowest BCUT2D eigenvalue weighted by Crippen LogP contribution is -2.24. The number of aromatic nitrogens is 2. The van der Waals surface area contributed by atoms with E-state index in [1.165, 1.54) is 0 Å². The number of rotatable bonds is 7. The van der Waals surface area contributed by atoms with Crippen molar-refractivity contribution >= 4 is 11.9 Å². The van der Waals surface area contributed by atoms with Crippen LogP contribution in [-0.2, 0) is 4.79 Å². The van der Waals surface area contributed by atoms with Crippen molar-refractivity contribution in [2.75, 3.05) is 11.9 Å². The lowest BCUT2D eigenvalue weighted by molar-refractivity contribution is -0.118. The number of nitrogens with zero attached hydrogens (tertiary/aromatic N) is 2. The summed E-state index contributed by atoms with van der Waals surface area (Å²) in [6, 6.07) is 1.59. The third-order valence-electron chi connectivity index (χ3n) is 1.97. The molecular weight excluding hydrogens is 220 g/mol. The number of ether oxygens (including phenoxy) is 1. The number of carbonyl (C=O) groups excluding carboxylic acids is 1. The highest BCUT2D eigenvalue weighted by Crippen LogP contribution is 2.10. The number of hydrogen-bond donors (Lipinski definition) is 2. The van der Waals surface area contributed by atoms with Crippen LogP contribution in [0.1, 0.15) is 26.7 Å². The first-order chi connectivity index (χ1) is 8.11. The molecule has 0 bridgehead atoms. The van der Waals surface area contributed by atoms with Gasteiger partial charge in [-0.25, -0.2) is 4.98 Å². The van der Waals surface area contributed by atoms with Gasteiger partial charge in [-0.05, 0) is 13.3 Å². The molecule has 1 heterocycles. The SMILES string of the molecule is CCCOc1ccnc(NC(C)CC(N)=O)n1. The van der Waals surface area contributed by atoms with Gasteiger partial charge in [0.25, 0.3) is 0 Å². The fourth-order valence-corrected chi connectivity index (χ4v) is 1.27.